The maximum absolute atomic E-state index is 12.4. The lowest BCUT2D eigenvalue weighted by atomic mass is 10.1. The van der Waals surface area contributed by atoms with Gasteiger partial charge in [0.25, 0.3) is 11.8 Å². The SMILES string of the molecule is CC(C)CC(=O)Nc1ccc(C(=O)NN=Cc2ccc(C=NNC(=O)c3ccc(NC(=O)CC(C)C)cc3)cc2)cc1. The summed E-state index contributed by atoms with van der Waals surface area (Å²) in [5, 5.41) is 13.6. The van der Waals surface area contributed by atoms with Crippen LogP contribution in [-0.2, 0) is 9.59 Å². The van der Waals surface area contributed by atoms with Gasteiger partial charge in [0, 0.05) is 35.3 Å². The Kier molecular flexibility index (Phi) is 11.7. The molecule has 42 heavy (non-hydrogen) atoms. The molecule has 0 spiro atoms. The van der Waals surface area contributed by atoms with E-state index in [0.29, 0.717) is 35.3 Å². The van der Waals surface area contributed by atoms with Gasteiger partial charge in [-0.25, -0.2) is 10.9 Å². The van der Waals surface area contributed by atoms with Gasteiger partial charge in [0.05, 0.1) is 12.4 Å². The lowest BCUT2D eigenvalue weighted by Gasteiger charge is -2.07. The van der Waals surface area contributed by atoms with Crippen LogP contribution in [0.3, 0.4) is 0 Å². The number of hydrazone groups is 2. The molecule has 0 aliphatic carbocycles. The fourth-order valence-electron chi connectivity index (χ4n) is 3.70. The van der Waals surface area contributed by atoms with Crippen LogP contribution in [-0.4, -0.2) is 36.1 Å². The van der Waals surface area contributed by atoms with Gasteiger partial charge in [-0.2, -0.15) is 10.2 Å². The highest BCUT2D eigenvalue weighted by Gasteiger charge is 2.09. The molecule has 0 aliphatic heterocycles. The summed E-state index contributed by atoms with van der Waals surface area (Å²) in [5.74, 6) is -0.371. The van der Waals surface area contributed by atoms with Gasteiger partial charge in [-0.05, 0) is 71.5 Å². The molecule has 3 rings (SSSR count). The van der Waals surface area contributed by atoms with Gasteiger partial charge in [-0.3, -0.25) is 19.2 Å². The molecule has 0 radical (unpaired) electrons. The predicted octanol–water partition coefficient (Wildman–Crippen LogP) is 5.18. The molecule has 4 N–H and O–H groups in total. The van der Waals surface area contributed by atoms with E-state index in [1.807, 2.05) is 27.7 Å². The van der Waals surface area contributed by atoms with Gasteiger partial charge >= 0.3 is 0 Å². The van der Waals surface area contributed by atoms with Gasteiger partial charge in [0.15, 0.2) is 0 Å². The molecule has 3 aromatic rings. The van der Waals surface area contributed by atoms with Crippen LogP contribution in [0.5, 0.6) is 0 Å². The number of carbonyl (C=O) groups is 4. The van der Waals surface area contributed by atoms with Crippen LogP contribution in [0.15, 0.2) is 83.0 Å². The first-order valence-electron chi connectivity index (χ1n) is 13.7. The number of carbonyl (C=O) groups excluding carboxylic acids is 4. The smallest absolute Gasteiger partial charge is 0.271 e. The fourth-order valence-corrected chi connectivity index (χ4v) is 3.70. The molecule has 0 fully saturated rings. The summed E-state index contributed by atoms with van der Waals surface area (Å²) >= 11 is 0. The minimum atomic E-state index is -0.378. The molecule has 3 aromatic carbocycles. The third-order valence-corrected chi connectivity index (χ3v) is 5.74. The zero-order valence-electron chi connectivity index (χ0n) is 24.2. The average Bonchev–Trinajstić information content (AvgIpc) is 2.93. The second kappa shape index (κ2) is 15.6. The van der Waals surface area contributed by atoms with Gasteiger partial charge in [-0.15, -0.1) is 0 Å². The molecule has 10 heteroatoms. The molecule has 218 valence electrons. The largest absolute Gasteiger partial charge is 0.326 e. The quantitative estimate of drug-likeness (QED) is 0.176. The number of benzene rings is 3. The second-order valence-corrected chi connectivity index (χ2v) is 10.5. The van der Waals surface area contributed by atoms with Crippen LogP contribution in [0.2, 0.25) is 0 Å². The molecule has 0 aliphatic rings. The van der Waals surface area contributed by atoms with Crippen LogP contribution in [0, 0.1) is 11.8 Å². The second-order valence-electron chi connectivity index (χ2n) is 10.5. The standard InChI is InChI=1S/C32H36N6O4/c1-21(2)17-29(39)35-27-13-9-25(10-14-27)31(41)37-33-19-23-5-7-24(8-6-23)20-34-38-32(42)26-11-15-28(16-12-26)36-30(40)18-22(3)4/h5-16,19-22H,17-18H2,1-4H3,(H,35,39)(H,36,40)(H,37,41)(H,38,42). The lowest BCUT2D eigenvalue weighted by molar-refractivity contribution is -0.117. The molecule has 0 aromatic heterocycles. The first-order chi connectivity index (χ1) is 20.1. The van der Waals surface area contributed by atoms with E-state index in [1.165, 1.54) is 12.4 Å². The van der Waals surface area contributed by atoms with Crippen LogP contribution in [0.25, 0.3) is 0 Å². The third-order valence-electron chi connectivity index (χ3n) is 5.74. The van der Waals surface area contributed by atoms with Gasteiger partial charge in [0.2, 0.25) is 11.8 Å². The van der Waals surface area contributed by atoms with Crippen molar-refractivity contribution in [1.82, 2.24) is 10.9 Å². The van der Waals surface area contributed by atoms with Crippen molar-refractivity contribution in [2.45, 2.75) is 40.5 Å². The van der Waals surface area contributed by atoms with E-state index < -0.39 is 0 Å². The number of nitrogens with zero attached hydrogens (tertiary/aromatic N) is 2. The zero-order valence-corrected chi connectivity index (χ0v) is 24.2. The van der Waals surface area contributed by atoms with Crippen molar-refractivity contribution in [2.75, 3.05) is 10.6 Å². The number of rotatable bonds is 12. The normalized spacial score (nSPS) is 11.2. The molecule has 0 unspecified atom stereocenters. The van der Waals surface area contributed by atoms with Crippen LogP contribution < -0.4 is 21.5 Å². The highest BCUT2D eigenvalue weighted by Crippen LogP contribution is 2.13. The molecule has 0 saturated carbocycles. The van der Waals surface area contributed by atoms with Crippen molar-refractivity contribution in [3.63, 3.8) is 0 Å². The predicted molar refractivity (Wildman–Crippen MR) is 166 cm³/mol. The van der Waals surface area contributed by atoms with E-state index in [2.05, 4.69) is 31.7 Å². The van der Waals surface area contributed by atoms with Crippen LogP contribution in [0.4, 0.5) is 11.4 Å². The minimum Gasteiger partial charge on any atom is -0.326 e. The number of amides is 4. The number of hydrogen-bond donors (Lipinski definition) is 4. The summed E-state index contributed by atoms with van der Waals surface area (Å²) in [6, 6.07) is 20.3. The zero-order chi connectivity index (χ0) is 30.5. The molecule has 0 bridgehead atoms. The Morgan fingerprint density at radius 3 is 1.21 bits per heavy atom. The topological polar surface area (TPSA) is 141 Å². The van der Waals surface area contributed by atoms with Crippen LogP contribution >= 0.6 is 0 Å². The monoisotopic (exact) mass is 568 g/mol. The molecule has 0 saturated heterocycles. The number of anilines is 2. The van der Waals surface area contributed by atoms with Crippen molar-refractivity contribution in [3.05, 3.63) is 95.1 Å². The molecule has 0 atom stereocenters. The van der Waals surface area contributed by atoms with Crippen molar-refractivity contribution in [1.29, 1.82) is 0 Å². The maximum atomic E-state index is 12.4. The Labute approximate surface area is 245 Å². The van der Waals surface area contributed by atoms with E-state index in [-0.39, 0.29) is 35.5 Å². The molecule has 10 nitrogen and oxygen atoms in total. The minimum absolute atomic E-state index is 0.0688. The summed E-state index contributed by atoms with van der Waals surface area (Å²) in [4.78, 5) is 48.5. The summed E-state index contributed by atoms with van der Waals surface area (Å²) in [7, 11) is 0. The number of hydrogen-bond acceptors (Lipinski definition) is 6. The molecule has 0 heterocycles. The van der Waals surface area contributed by atoms with E-state index in [1.54, 1.807) is 72.8 Å². The van der Waals surface area contributed by atoms with Crippen LogP contribution in [0.1, 0.15) is 72.4 Å². The third kappa shape index (κ3) is 10.8. The Bertz CT molecular complexity index is 1320. The van der Waals surface area contributed by atoms with Gasteiger partial charge < -0.3 is 10.6 Å². The van der Waals surface area contributed by atoms with Crippen molar-refractivity contribution >= 4 is 47.4 Å². The van der Waals surface area contributed by atoms with E-state index in [0.717, 1.165) is 11.1 Å². The summed E-state index contributed by atoms with van der Waals surface area (Å²) in [5.41, 5.74) is 8.53. The Morgan fingerprint density at radius 1 is 0.571 bits per heavy atom. The van der Waals surface area contributed by atoms with Gasteiger partial charge in [-0.1, -0.05) is 52.0 Å². The Morgan fingerprint density at radius 2 is 0.905 bits per heavy atom. The molecular weight excluding hydrogens is 532 g/mol. The summed E-state index contributed by atoms with van der Waals surface area (Å²) < 4.78 is 0. The van der Waals surface area contributed by atoms with Crippen molar-refractivity contribution < 1.29 is 19.2 Å². The highest BCUT2D eigenvalue weighted by molar-refractivity contribution is 5.97. The van der Waals surface area contributed by atoms with E-state index in [9.17, 15) is 19.2 Å². The van der Waals surface area contributed by atoms with Crippen molar-refractivity contribution in [2.24, 2.45) is 22.0 Å². The Hall–Kier alpha value is -5.12. The molecular formula is C32H36N6O4. The van der Waals surface area contributed by atoms with E-state index in [4.69, 9.17) is 0 Å². The van der Waals surface area contributed by atoms with Gasteiger partial charge in [0.1, 0.15) is 0 Å². The Balaban J connectivity index is 1.44. The fraction of sp³-hybridized carbons (Fsp3) is 0.250. The number of nitrogens with one attached hydrogen (secondary N) is 4. The first-order valence-corrected chi connectivity index (χ1v) is 13.7. The van der Waals surface area contributed by atoms with Crippen molar-refractivity contribution in [3.8, 4) is 0 Å². The maximum Gasteiger partial charge on any atom is 0.271 e. The lowest BCUT2D eigenvalue weighted by Crippen LogP contribution is -2.18. The summed E-state index contributed by atoms with van der Waals surface area (Å²) in [6.45, 7) is 7.89. The highest BCUT2D eigenvalue weighted by atomic mass is 16.2. The first kappa shape index (κ1) is 31.4. The molecule has 4 amide bonds. The summed E-state index contributed by atoms with van der Waals surface area (Å²) in [6.07, 6.45) is 3.88. The average molecular weight is 569 g/mol. The van der Waals surface area contributed by atoms with E-state index >= 15 is 0 Å².